The number of hydrogen-bond acceptors (Lipinski definition) is 3. The topological polar surface area (TPSA) is 61.2 Å². The summed E-state index contributed by atoms with van der Waals surface area (Å²) in [7, 11) is 0. The number of fused-ring (bicyclic) bond motifs is 3. The van der Waals surface area contributed by atoms with E-state index in [-0.39, 0.29) is 30.0 Å². The Morgan fingerprint density at radius 3 is 2.66 bits per heavy atom. The van der Waals surface area contributed by atoms with Crippen LogP contribution in [0.4, 0.5) is 17.6 Å². The third kappa shape index (κ3) is 4.53. The molecule has 1 amide bonds. The van der Waals surface area contributed by atoms with Gasteiger partial charge in [-0.05, 0) is 68.2 Å². The van der Waals surface area contributed by atoms with Crippen LogP contribution in [0.2, 0.25) is 0 Å². The fraction of sp³-hybridized carbons (Fsp3) is 0.519. The van der Waals surface area contributed by atoms with Crippen molar-refractivity contribution in [3.63, 3.8) is 0 Å². The second-order valence-corrected chi connectivity index (χ2v) is 10.1. The number of benzene rings is 1. The van der Waals surface area contributed by atoms with Gasteiger partial charge < -0.3 is 4.90 Å². The molecule has 0 radical (unpaired) electrons. The number of rotatable bonds is 4. The van der Waals surface area contributed by atoms with Crippen molar-refractivity contribution in [2.45, 2.75) is 65.1 Å². The SMILES string of the molecule is CC1=CC(=O)C2C(CCC3=CN(Cc4c(F)cccc4C(F)(F)F)C(=O)CCC32C)C1CCC#N. The van der Waals surface area contributed by atoms with Gasteiger partial charge in [0.15, 0.2) is 5.78 Å². The predicted molar refractivity (Wildman–Crippen MR) is 121 cm³/mol. The van der Waals surface area contributed by atoms with E-state index in [2.05, 4.69) is 6.07 Å². The quantitative estimate of drug-likeness (QED) is 0.465. The van der Waals surface area contributed by atoms with Gasteiger partial charge in [0.2, 0.25) is 5.91 Å². The van der Waals surface area contributed by atoms with Gasteiger partial charge in [-0.2, -0.15) is 18.4 Å². The number of halogens is 4. The van der Waals surface area contributed by atoms with E-state index in [0.29, 0.717) is 32.1 Å². The summed E-state index contributed by atoms with van der Waals surface area (Å²) in [5.41, 5.74) is -0.466. The molecule has 35 heavy (non-hydrogen) atoms. The lowest BCUT2D eigenvalue weighted by molar-refractivity contribution is -0.139. The summed E-state index contributed by atoms with van der Waals surface area (Å²) < 4.78 is 55.1. The summed E-state index contributed by atoms with van der Waals surface area (Å²) >= 11 is 0. The first-order chi connectivity index (χ1) is 16.5. The fourth-order valence-electron chi connectivity index (χ4n) is 6.41. The smallest absolute Gasteiger partial charge is 0.315 e. The molecule has 8 heteroatoms. The highest BCUT2D eigenvalue weighted by Gasteiger charge is 2.53. The van der Waals surface area contributed by atoms with Crippen LogP contribution < -0.4 is 0 Å². The third-order valence-electron chi connectivity index (χ3n) is 8.18. The number of allylic oxidation sites excluding steroid dienone is 3. The molecule has 0 bridgehead atoms. The Hall–Kier alpha value is -2.95. The van der Waals surface area contributed by atoms with E-state index in [1.807, 2.05) is 13.8 Å². The Morgan fingerprint density at radius 1 is 1.23 bits per heavy atom. The highest BCUT2D eigenvalue weighted by Crippen LogP contribution is 2.57. The third-order valence-corrected chi connectivity index (χ3v) is 8.18. The first-order valence-electron chi connectivity index (χ1n) is 11.9. The van der Waals surface area contributed by atoms with Gasteiger partial charge in [-0.25, -0.2) is 4.39 Å². The Kier molecular flexibility index (Phi) is 6.65. The first kappa shape index (κ1) is 25.2. The molecule has 4 unspecified atom stereocenters. The fourth-order valence-corrected chi connectivity index (χ4v) is 6.41. The molecule has 186 valence electrons. The summed E-state index contributed by atoms with van der Waals surface area (Å²) in [6, 6.07) is 4.98. The number of alkyl halides is 3. The minimum absolute atomic E-state index is 0.00293. The van der Waals surface area contributed by atoms with Crippen LogP contribution >= 0.6 is 0 Å². The Balaban J connectivity index is 1.71. The van der Waals surface area contributed by atoms with E-state index in [4.69, 9.17) is 5.26 Å². The van der Waals surface area contributed by atoms with Crippen molar-refractivity contribution in [1.29, 1.82) is 5.26 Å². The van der Waals surface area contributed by atoms with E-state index in [1.54, 1.807) is 12.3 Å². The lowest BCUT2D eigenvalue weighted by atomic mass is 9.52. The molecule has 1 aromatic rings. The van der Waals surface area contributed by atoms with E-state index in [1.165, 1.54) is 4.90 Å². The van der Waals surface area contributed by atoms with Crippen molar-refractivity contribution in [3.8, 4) is 6.07 Å². The average molecular weight is 489 g/mol. The normalized spacial score (nSPS) is 28.9. The number of hydrogen-bond donors (Lipinski definition) is 0. The van der Waals surface area contributed by atoms with E-state index < -0.39 is 41.0 Å². The number of carbonyl (C=O) groups excluding carboxylic acids is 2. The Bertz CT molecular complexity index is 1150. The minimum atomic E-state index is -4.75. The molecule has 1 fully saturated rings. The van der Waals surface area contributed by atoms with Gasteiger partial charge in [-0.1, -0.05) is 18.6 Å². The van der Waals surface area contributed by atoms with Crippen LogP contribution in [0.5, 0.6) is 0 Å². The molecule has 0 aromatic heterocycles. The summed E-state index contributed by atoms with van der Waals surface area (Å²) in [6.45, 7) is 3.37. The molecule has 0 saturated heterocycles. The predicted octanol–water partition coefficient (Wildman–Crippen LogP) is 6.33. The van der Waals surface area contributed by atoms with Crippen LogP contribution in [0.3, 0.4) is 0 Å². The number of nitrogens with zero attached hydrogens (tertiary/aromatic N) is 2. The molecule has 0 N–H and O–H groups in total. The second-order valence-electron chi connectivity index (χ2n) is 10.1. The number of amides is 1. The molecular weight excluding hydrogens is 460 g/mol. The van der Waals surface area contributed by atoms with Gasteiger partial charge in [0, 0.05) is 35.9 Å². The van der Waals surface area contributed by atoms with Gasteiger partial charge in [-0.3, -0.25) is 9.59 Å². The van der Waals surface area contributed by atoms with Crippen LogP contribution in [0.1, 0.15) is 63.5 Å². The maximum absolute atomic E-state index is 14.5. The molecule has 1 saturated carbocycles. The van der Waals surface area contributed by atoms with Crippen molar-refractivity contribution in [1.82, 2.24) is 4.90 Å². The standard InChI is InChI=1S/C27H28F4N2O2/c1-16-13-23(34)25-19(18(16)5-4-12-32)9-8-17-14-33(24(35)10-11-26(17,25)2)15-20-21(27(29,30)31)6-3-7-22(20)28/h3,6-7,13-14,18-19,25H,4-5,8-11,15H2,1-2H3. The van der Waals surface area contributed by atoms with Gasteiger partial charge in [0.1, 0.15) is 5.82 Å². The molecule has 4 rings (SSSR count). The van der Waals surface area contributed by atoms with Crippen molar-refractivity contribution in [2.24, 2.45) is 23.2 Å². The number of nitriles is 1. The van der Waals surface area contributed by atoms with Crippen LogP contribution in [-0.2, 0) is 22.3 Å². The average Bonchev–Trinajstić information content (AvgIpc) is 2.90. The largest absolute Gasteiger partial charge is 0.416 e. The zero-order chi connectivity index (χ0) is 25.5. The summed E-state index contributed by atoms with van der Waals surface area (Å²) in [4.78, 5) is 27.5. The van der Waals surface area contributed by atoms with E-state index in [0.717, 1.165) is 29.3 Å². The molecule has 1 heterocycles. The van der Waals surface area contributed by atoms with Crippen LogP contribution in [0, 0.1) is 40.3 Å². The number of ketones is 1. The zero-order valence-corrected chi connectivity index (χ0v) is 19.8. The lowest BCUT2D eigenvalue weighted by Gasteiger charge is -2.51. The second kappa shape index (κ2) is 9.25. The Morgan fingerprint density at radius 2 is 1.97 bits per heavy atom. The summed E-state index contributed by atoms with van der Waals surface area (Å²) in [5.74, 6) is -1.60. The maximum Gasteiger partial charge on any atom is 0.416 e. The molecule has 4 atom stereocenters. The molecule has 2 aliphatic carbocycles. The van der Waals surface area contributed by atoms with Crippen molar-refractivity contribution < 1.29 is 27.2 Å². The summed E-state index contributed by atoms with van der Waals surface area (Å²) in [5, 5.41) is 9.09. The molecule has 1 aliphatic heterocycles. The van der Waals surface area contributed by atoms with Gasteiger partial charge >= 0.3 is 6.18 Å². The minimum Gasteiger partial charge on any atom is -0.315 e. The molecular formula is C27H28F4N2O2. The monoisotopic (exact) mass is 488 g/mol. The highest BCUT2D eigenvalue weighted by atomic mass is 19.4. The van der Waals surface area contributed by atoms with Gasteiger partial charge in [-0.15, -0.1) is 0 Å². The maximum atomic E-state index is 14.5. The molecule has 0 spiro atoms. The Labute approximate surface area is 202 Å². The lowest BCUT2D eigenvalue weighted by Crippen LogP contribution is -2.48. The van der Waals surface area contributed by atoms with Crippen LogP contribution in [0.25, 0.3) is 0 Å². The van der Waals surface area contributed by atoms with Crippen molar-refractivity contribution in [3.05, 3.63) is 58.6 Å². The van der Waals surface area contributed by atoms with E-state index >= 15 is 0 Å². The van der Waals surface area contributed by atoms with Crippen molar-refractivity contribution >= 4 is 11.7 Å². The number of carbonyl (C=O) groups is 2. The molecule has 3 aliphatic rings. The van der Waals surface area contributed by atoms with Crippen molar-refractivity contribution in [2.75, 3.05) is 0 Å². The van der Waals surface area contributed by atoms with Gasteiger partial charge in [0.25, 0.3) is 0 Å². The van der Waals surface area contributed by atoms with Gasteiger partial charge in [0.05, 0.1) is 18.2 Å². The molecule has 4 nitrogen and oxygen atoms in total. The van der Waals surface area contributed by atoms with E-state index in [9.17, 15) is 27.2 Å². The van der Waals surface area contributed by atoms with Crippen LogP contribution in [-0.4, -0.2) is 16.6 Å². The highest BCUT2D eigenvalue weighted by molar-refractivity contribution is 5.95. The first-order valence-corrected chi connectivity index (χ1v) is 11.9. The molecule has 1 aromatic carbocycles. The summed E-state index contributed by atoms with van der Waals surface area (Å²) in [6.07, 6.45) is 1.27. The van der Waals surface area contributed by atoms with Crippen LogP contribution in [0.15, 0.2) is 41.6 Å². The zero-order valence-electron chi connectivity index (χ0n) is 19.8.